The van der Waals surface area contributed by atoms with E-state index in [1.807, 2.05) is 35.2 Å². The molecule has 0 spiro atoms. The van der Waals surface area contributed by atoms with Gasteiger partial charge in [0.25, 0.3) is 0 Å². The molecule has 0 radical (unpaired) electrons. The predicted octanol–water partition coefficient (Wildman–Crippen LogP) is 1.32. The minimum absolute atomic E-state index is 0.00832. The van der Waals surface area contributed by atoms with Crippen LogP contribution in [0.15, 0.2) is 48.7 Å². The number of aromatic nitrogens is 5. The molecule has 3 heterocycles. The van der Waals surface area contributed by atoms with Crippen LogP contribution >= 0.6 is 0 Å². The van der Waals surface area contributed by atoms with Crippen molar-refractivity contribution in [3.63, 3.8) is 0 Å². The predicted molar refractivity (Wildman–Crippen MR) is 86.6 cm³/mol. The van der Waals surface area contributed by atoms with E-state index in [2.05, 4.69) is 32.6 Å². The second-order valence-corrected chi connectivity index (χ2v) is 5.71. The van der Waals surface area contributed by atoms with Gasteiger partial charge in [-0.25, -0.2) is 4.68 Å². The molecule has 3 aromatic rings. The fraction of sp³-hybridized carbons (Fsp3) is 0.235. The van der Waals surface area contributed by atoms with Crippen molar-refractivity contribution in [1.29, 1.82) is 0 Å². The van der Waals surface area contributed by atoms with Gasteiger partial charge in [0.15, 0.2) is 0 Å². The molecule has 0 saturated heterocycles. The average Bonchev–Trinajstić information content (AvgIpc) is 3.10. The Labute approximate surface area is 138 Å². The highest BCUT2D eigenvalue weighted by molar-refractivity contribution is 5.76. The summed E-state index contributed by atoms with van der Waals surface area (Å²) in [5, 5.41) is 11.6. The molecule has 120 valence electrons. The lowest BCUT2D eigenvalue weighted by molar-refractivity contribution is -0.133. The third kappa shape index (κ3) is 2.76. The summed E-state index contributed by atoms with van der Waals surface area (Å²) in [6.45, 7) is 1.47. The van der Waals surface area contributed by atoms with E-state index in [4.69, 9.17) is 0 Å². The Hall–Kier alpha value is -3.09. The largest absolute Gasteiger partial charge is 0.336 e. The maximum absolute atomic E-state index is 12.6. The monoisotopic (exact) mass is 320 g/mol. The van der Waals surface area contributed by atoms with Gasteiger partial charge < -0.3 is 4.90 Å². The van der Waals surface area contributed by atoms with Crippen LogP contribution in [0.1, 0.15) is 11.1 Å². The lowest BCUT2D eigenvalue weighted by atomic mass is 10.00. The summed E-state index contributed by atoms with van der Waals surface area (Å²) in [4.78, 5) is 18.7. The standard InChI is InChI=1S/C17H16N6O/c24-16(22-10-8-13-5-1-2-6-14(13)11-22)12-23-17(19-20-21-23)15-7-3-4-9-18-15/h1-7,9H,8,10-12H2. The highest BCUT2D eigenvalue weighted by atomic mass is 16.2. The normalized spacial score (nSPS) is 13.6. The Kier molecular flexibility index (Phi) is 3.74. The van der Waals surface area contributed by atoms with Crippen LogP contribution in [0.5, 0.6) is 0 Å². The second kappa shape index (κ2) is 6.19. The summed E-state index contributed by atoms with van der Waals surface area (Å²) in [5.41, 5.74) is 3.18. The van der Waals surface area contributed by atoms with Crippen molar-refractivity contribution >= 4 is 5.91 Å². The van der Waals surface area contributed by atoms with Crippen LogP contribution in [-0.2, 0) is 24.3 Å². The molecule has 7 heteroatoms. The van der Waals surface area contributed by atoms with Crippen molar-refractivity contribution in [2.75, 3.05) is 6.54 Å². The highest BCUT2D eigenvalue weighted by Gasteiger charge is 2.22. The first-order valence-electron chi connectivity index (χ1n) is 7.83. The number of fused-ring (bicyclic) bond motifs is 1. The van der Waals surface area contributed by atoms with Gasteiger partial charge in [0.1, 0.15) is 12.2 Å². The molecular formula is C17H16N6O. The number of tetrazole rings is 1. The molecule has 1 aromatic carbocycles. The van der Waals surface area contributed by atoms with Gasteiger partial charge in [-0.15, -0.1) is 5.10 Å². The maximum Gasteiger partial charge on any atom is 0.244 e. The Bertz CT molecular complexity index is 860. The van der Waals surface area contributed by atoms with Gasteiger partial charge in [0.05, 0.1) is 0 Å². The van der Waals surface area contributed by atoms with Crippen molar-refractivity contribution in [3.8, 4) is 11.5 Å². The molecule has 1 aliphatic rings. The molecule has 4 rings (SSSR count). The zero-order valence-electron chi connectivity index (χ0n) is 13.0. The SMILES string of the molecule is O=C(Cn1nnnc1-c1ccccn1)N1CCc2ccccc2C1. The number of amides is 1. The van der Waals surface area contributed by atoms with E-state index in [0.717, 1.165) is 13.0 Å². The molecule has 0 atom stereocenters. The van der Waals surface area contributed by atoms with E-state index < -0.39 is 0 Å². The fourth-order valence-corrected chi connectivity index (χ4v) is 2.93. The first kappa shape index (κ1) is 14.5. The fourth-order valence-electron chi connectivity index (χ4n) is 2.93. The van der Waals surface area contributed by atoms with Gasteiger partial charge >= 0.3 is 0 Å². The molecule has 7 nitrogen and oxygen atoms in total. The number of pyridine rings is 1. The van der Waals surface area contributed by atoms with Gasteiger partial charge in [-0.3, -0.25) is 9.78 Å². The summed E-state index contributed by atoms with van der Waals surface area (Å²) < 4.78 is 1.51. The number of hydrogen-bond acceptors (Lipinski definition) is 5. The van der Waals surface area contributed by atoms with Gasteiger partial charge in [0.2, 0.25) is 11.7 Å². The summed E-state index contributed by atoms with van der Waals surface area (Å²) in [6.07, 6.45) is 2.56. The first-order valence-corrected chi connectivity index (χ1v) is 7.83. The van der Waals surface area contributed by atoms with Crippen LogP contribution in [0.4, 0.5) is 0 Å². The molecule has 0 aliphatic carbocycles. The summed E-state index contributed by atoms with van der Waals surface area (Å²) in [5.74, 6) is 0.510. The third-order valence-corrected chi connectivity index (χ3v) is 4.19. The molecule has 1 aliphatic heterocycles. The van der Waals surface area contributed by atoms with E-state index in [1.165, 1.54) is 15.8 Å². The second-order valence-electron chi connectivity index (χ2n) is 5.71. The van der Waals surface area contributed by atoms with Crippen molar-refractivity contribution in [2.24, 2.45) is 0 Å². The molecule has 24 heavy (non-hydrogen) atoms. The van der Waals surface area contributed by atoms with Gasteiger partial charge in [-0.1, -0.05) is 30.3 Å². The highest BCUT2D eigenvalue weighted by Crippen LogP contribution is 2.19. The minimum atomic E-state index is 0.00832. The lowest BCUT2D eigenvalue weighted by Gasteiger charge is -2.28. The number of carbonyl (C=O) groups excluding carboxylic acids is 1. The van der Waals surface area contributed by atoms with Crippen molar-refractivity contribution in [3.05, 3.63) is 59.8 Å². The zero-order valence-corrected chi connectivity index (χ0v) is 13.0. The van der Waals surface area contributed by atoms with Gasteiger partial charge in [0, 0.05) is 19.3 Å². The van der Waals surface area contributed by atoms with Crippen molar-refractivity contribution in [2.45, 2.75) is 19.5 Å². The number of carbonyl (C=O) groups is 1. The van der Waals surface area contributed by atoms with Crippen LogP contribution in [0, 0.1) is 0 Å². The quantitative estimate of drug-likeness (QED) is 0.727. The van der Waals surface area contributed by atoms with Crippen LogP contribution in [0.2, 0.25) is 0 Å². The smallest absolute Gasteiger partial charge is 0.244 e. The van der Waals surface area contributed by atoms with Crippen molar-refractivity contribution < 1.29 is 4.79 Å². The zero-order chi connectivity index (χ0) is 16.4. The summed E-state index contributed by atoms with van der Waals surface area (Å²) in [6, 6.07) is 13.8. The maximum atomic E-state index is 12.6. The van der Waals surface area contributed by atoms with Crippen LogP contribution < -0.4 is 0 Å². The number of nitrogens with zero attached hydrogens (tertiary/aromatic N) is 6. The van der Waals surface area contributed by atoms with E-state index in [9.17, 15) is 4.79 Å². The molecule has 0 unspecified atom stereocenters. The topological polar surface area (TPSA) is 76.8 Å². The van der Waals surface area contributed by atoms with Gasteiger partial charge in [-0.2, -0.15) is 0 Å². The van der Waals surface area contributed by atoms with E-state index >= 15 is 0 Å². The number of rotatable bonds is 3. The molecule has 0 bridgehead atoms. The Morgan fingerprint density at radius 2 is 1.92 bits per heavy atom. The molecule has 0 saturated carbocycles. The molecular weight excluding hydrogens is 304 g/mol. The minimum Gasteiger partial charge on any atom is -0.336 e. The van der Waals surface area contributed by atoms with Crippen molar-refractivity contribution in [1.82, 2.24) is 30.1 Å². The molecule has 0 N–H and O–H groups in total. The van der Waals surface area contributed by atoms with E-state index in [-0.39, 0.29) is 12.5 Å². The van der Waals surface area contributed by atoms with Crippen LogP contribution in [-0.4, -0.2) is 42.5 Å². The summed E-state index contributed by atoms with van der Waals surface area (Å²) >= 11 is 0. The molecule has 2 aromatic heterocycles. The third-order valence-electron chi connectivity index (χ3n) is 4.19. The molecule has 0 fully saturated rings. The Morgan fingerprint density at radius 3 is 2.75 bits per heavy atom. The average molecular weight is 320 g/mol. The Morgan fingerprint density at radius 1 is 1.08 bits per heavy atom. The summed E-state index contributed by atoms with van der Waals surface area (Å²) in [7, 11) is 0. The van der Waals surface area contributed by atoms with E-state index in [0.29, 0.717) is 18.1 Å². The first-order chi connectivity index (χ1) is 11.8. The molecule has 1 amide bonds. The number of benzene rings is 1. The number of hydrogen-bond donors (Lipinski definition) is 0. The van der Waals surface area contributed by atoms with E-state index in [1.54, 1.807) is 6.20 Å². The Balaban J connectivity index is 1.51. The lowest BCUT2D eigenvalue weighted by Crippen LogP contribution is -2.38. The van der Waals surface area contributed by atoms with Gasteiger partial charge in [-0.05, 0) is 40.1 Å². The van der Waals surface area contributed by atoms with Crippen LogP contribution in [0.25, 0.3) is 11.5 Å². The van der Waals surface area contributed by atoms with Crippen LogP contribution in [0.3, 0.4) is 0 Å².